The lowest BCUT2D eigenvalue weighted by atomic mass is 10.4. The Kier molecular flexibility index (Phi) is 3.00. The summed E-state index contributed by atoms with van der Waals surface area (Å²) in [6.45, 7) is 3.56. The van der Waals surface area contributed by atoms with Gasteiger partial charge in [-0.3, -0.25) is 0 Å². The van der Waals surface area contributed by atoms with Crippen molar-refractivity contribution in [3.63, 3.8) is 0 Å². The van der Waals surface area contributed by atoms with E-state index in [-0.39, 0.29) is 0 Å². The summed E-state index contributed by atoms with van der Waals surface area (Å²) in [7, 11) is 0. The molecule has 0 atom stereocenters. The van der Waals surface area contributed by atoms with Gasteiger partial charge in [0.15, 0.2) is 5.76 Å². The van der Waals surface area contributed by atoms with Gasteiger partial charge in [0.25, 0.3) is 0 Å². The number of hydrogen-bond acceptors (Lipinski definition) is 4. The van der Waals surface area contributed by atoms with Gasteiger partial charge in [0, 0.05) is 44.5 Å². The molecule has 0 spiro atoms. The molecular formula is C14H16FN3O2. The van der Waals surface area contributed by atoms with Crippen molar-refractivity contribution in [2.75, 3.05) is 18.5 Å². The second kappa shape index (κ2) is 4.70. The van der Waals surface area contributed by atoms with Crippen molar-refractivity contribution in [3.8, 4) is 0 Å². The maximum atomic E-state index is 12.2. The fourth-order valence-corrected chi connectivity index (χ4v) is 2.02. The quantitative estimate of drug-likeness (QED) is 0.933. The molecule has 0 fully saturated rings. The normalized spacial score (nSPS) is 16.6. The third-order valence-electron chi connectivity index (χ3n) is 2.94. The lowest BCUT2D eigenvalue weighted by Crippen LogP contribution is -2.19. The van der Waals surface area contributed by atoms with Crippen LogP contribution >= 0.6 is 0 Å². The van der Waals surface area contributed by atoms with E-state index in [1.165, 1.54) is 0 Å². The van der Waals surface area contributed by atoms with Gasteiger partial charge < -0.3 is 19.2 Å². The Hall–Kier alpha value is -2.24. The minimum Gasteiger partial charge on any atom is -0.457 e. The number of rotatable bonds is 4. The largest absolute Gasteiger partial charge is 0.457 e. The Labute approximate surface area is 116 Å². The van der Waals surface area contributed by atoms with Crippen molar-refractivity contribution in [1.29, 1.82) is 0 Å². The van der Waals surface area contributed by atoms with Crippen molar-refractivity contribution in [2.45, 2.75) is 19.6 Å². The number of alkyl halides is 1. The van der Waals surface area contributed by atoms with Crippen LogP contribution in [0.25, 0.3) is 11.4 Å². The Morgan fingerprint density at radius 1 is 1.45 bits per heavy atom. The summed E-state index contributed by atoms with van der Waals surface area (Å²) < 4.78 is 25.1. The number of imidazole rings is 1. The third kappa shape index (κ3) is 2.41. The number of nitrogens with zero attached hydrogens (tertiary/aromatic N) is 2. The van der Waals surface area contributed by atoms with Crippen LogP contribution in [0.3, 0.4) is 0 Å². The number of halogens is 1. The molecule has 0 unspecified atom stereocenters. The lowest BCUT2D eigenvalue weighted by Gasteiger charge is -2.17. The first-order valence-electron chi connectivity index (χ1n) is 6.43. The van der Waals surface area contributed by atoms with Gasteiger partial charge in [-0.1, -0.05) is 0 Å². The molecule has 0 bridgehead atoms. The molecule has 3 heterocycles. The first-order chi connectivity index (χ1) is 9.57. The van der Waals surface area contributed by atoms with E-state index >= 15 is 0 Å². The average molecular weight is 277 g/mol. The number of anilines is 1. The van der Waals surface area contributed by atoms with Crippen molar-refractivity contribution in [3.05, 3.63) is 36.5 Å². The molecule has 0 saturated heterocycles. The first kappa shape index (κ1) is 12.8. The lowest BCUT2D eigenvalue weighted by molar-refractivity contribution is -0.102. The Morgan fingerprint density at radius 3 is 3.00 bits per heavy atom. The molecule has 1 N–H and O–H groups in total. The number of fused-ring (bicyclic) bond motifs is 1. The summed E-state index contributed by atoms with van der Waals surface area (Å²) in [5.74, 6) is -0.0455. The van der Waals surface area contributed by atoms with Gasteiger partial charge in [-0.25, -0.2) is 9.37 Å². The first-order valence-corrected chi connectivity index (χ1v) is 6.43. The highest BCUT2D eigenvalue weighted by molar-refractivity contribution is 5.62. The Balaban J connectivity index is 1.87. The monoisotopic (exact) mass is 277 g/mol. The molecule has 20 heavy (non-hydrogen) atoms. The predicted molar refractivity (Wildman–Crippen MR) is 73.9 cm³/mol. The van der Waals surface area contributed by atoms with Crippen LogP contribution in [0.5, 0.6) is 0 Å². The van der Waals surface area contributed by atoms with Gasteiger partial charge in [0.05, 0.1) is 0 Å². The van der Waals surface area contributed by atoms with Gasteiger partial charge in [0.2, 0.25) is 5.79 Å². The summed E-state index contributed by atoms with van der Waals surface area (Å²) >= 11 is 0. The molecule has 3 rings (SSSR count). The summed E-state index contributed by atoms with van der Waals surface area (Å²) in [4.78, 5) is 4.48. The van der Waals surface area contributed by atoms with Crippen LogP contribution in [-0.2, 0) is 9.47 Å². The molecule has 6 heteroatoms. The van der Waals surface area contributed by atoms with E-state index in [1.807, 2.05) is 42.8 Å². The highest BCUT2D eigenvalue weighted by Crippen LogP contribution is 2.30. The van der Waals surface area contributed by atoms with Crippen molar-refractivity contribution < 1.29 is 13.9 Å². The van der Waals surface area contributed by atoms with Gasteiger partial charge in [-0.2, -0.15) is 0 Å². The number of hydrogen-bond donors (Lipinski definition) is 1. The zero-order valence-electron chi connectivity index (χ0n) is 11.4. The zero-order valence-corrected chi connectivity index (χ0v) is 11.4. The number of nitrogens with one attached hydrogen (secondary N) is 1. The highest BCUT2D eigenvalue weighted by Gasteiger charge is 2.29. The topological polar surface area (TPSA) is 47.8 Å². The van der Waals surface area contributed by atoms with E-state index in [4.69, 9.17) is 9.47 Å². The second-order valence-electron chi connectivity index (χ2n) is 5.02. The minimum absolute atomic E-state index is 0.292. The molecule has 0 saturated carbocycles. The van der Waals surface area contributed by atoms with E-state index < -0.39 is 12.5 Å². The molecule has 0 amide bonds. The molecule has 2 aromatic rings. The van der Waals surface area contributed by atoms with Gasteiger partial charge in [-0.15, -0.1) is 0 Å². The van der Waals surface area contributed by atoms with Crippen LogP contribution in [0.2, 0.25) is 0 Å². The van der Waals surface area contributed by atoms with Gasteiger partial charge in [-0.05, 0) is 6.07 Å². The Morgan fingerprint density at radius 2 is 2.30 bits per heavy atom. The number of pyridine rings is 1. The SMILES string of the molecule is CC1(C)OC=C(c2cn3ccc(NCCF)cc3n2)O1. The molecule has 0 aliphatic carbocycles. The molecule has 5 nitrogen and oxygen atoms in total. The summed E-state index contributed by atoms with van der Waals surface area (Å²) in [5.41, 5.74) is 2.31. The Bertz CT molecular complexity index is 663. The van der Waals surface area contributed by atoms with Crippen LogP contribution in [0.15, 0.2) is 30.8 Å². The smallest absolute Gasteiger partial charge is 0.245 e. The molecule has 0 aromatic carbocycles. The van der Waals surface area contributed by atoms with Crippen molar-refractivity contribution in [2.24, 2.45) is 0 Å². The number of ether oxygens (including phenoxy) is 2. The highest BCUT2D eigenvalue weighted by atomic mass is 19.1. The van der Waals surface area contributed by atoms with Crippen molar-refractivity contribution >= 4 is 17.1 Å². The fourth-order valence-electron chi connectivity index (χ4n) is 2.02. The molecule has 1 aliphatic rings. The minimum atomic E-state index is -0.654. The molecule has 106 valence electrons. The van der Waals surface area contributed by atoms with Crippen LogP contribution in [-0.4, -0.2) is 28.4 Å². The fraction of sp³-hybridized carbons (Fsp3) is 0.357. The van der Waals surface area contributed by atoms with E-state index in [0.717, 1.165) is 11.3 Å². The zero-order chi connectivity index (χ0) is 14.2. The van der Waals surface area contributed by atoms with Crippen LogP contribution in [0.4, 0.5) is 10.1 Å². The summed E-state index contributed by atoms with van der Waals surface area (Å²) in [5, 5.41) is 2.98. The summed E-state index contributed by atoms with van der Waals surface area (Å²) in [6.07, 6.45) is 5.31. The summed E-state index contributed by atoms with van der Waals surface area (Å²) in [6, 6.07) is 3.74. The maximum Gasteiger partial charge on any atom is 0.245 e. The standard InChI is InChI=1S/C14H16FN3O2/c1-14(2)19-9-12(20-14)11-8-18-6-3-10(16-5-4-15)7-13(18)17-11/h3,6-9,16H,4-5H2,1-2H3. The second-order valence-corrected chi connectivity index (χ2v) is 5.02. The number of aromatic nitrogens is 2. The van der Waals surface area contributed by atoms with Crippen LogP contribution in [0.1, 0.15) is 19.5 Å². The van der Waals surface area contributed by atoms with E-state index in [0.29, 0.717) is 18.0 Å². The van der Waals surface area contributed by atoms with Crippen LogP contribution in [0, 0.1) is 0 Å². The average Bonchev–Trinajstić information content (AvgIpc) is 2.98. The van der Waals surface area contributed by atoms with Gasteiger partial charge in [0.1, 0.15) is 24.3 Å². The molecule has 0 radical (unpaired) electrons. The van der Waals surface area contributed by atoms with E-state index in [2.05, 4.69) is 10.3 Å². The van der Waals surface area contributed by atoms with E-state index in [9.17, 15) is 4.39 Å². The maximum absolute atomic E-state index is 12.2. The molecular weight excluding hydrogens is 261 g/mol. The molecule has 1 aliphatic heterocycles. The van der Waals surface area contributed by atoms with Crippen LogP contribution < -0.4 is 5.32 Å². The molecule has 2 aromatic heterocycles. The van der Waals surface area contributed by atoms with E-state index in [1.54, 1.807) is 6.26 Å². The predicted octanol–water partition coefficient (Wildman–Crippen LogP) is 2.80. The van der Waals surface area contributed by atoms with Crippen molar-refractivity contribution in [1.82, 2.24) is 9.38 Å². The van der Waals surface area contributed by atoms with Gasteiger partial charge >= 0.3 is 0 Å². The third-order valence-corrected chi connectivity index (χ3v) is 2.94.